The Balaban J connectivity index is 2.82. The molecule has 0 saturated carbocycles. The van der Waals surface area contributed by atoms with E-state index in [4.69, 9.17) is 4.74 Å². The van der Waals surface area contributed by atoms with Gasteiger partial charge in [0, 0.05) is 12.6 Å². The molecular formula is C15H19NO3. The summed E-state index contributed by atoms with van der Waals surface area (Å²) in [5, 5.41) is 0. The van der Waals surface area contributed by atoms with E-state index < -0.39 is 11.9 Å². The molecular weight excluding hydrogens is 242 g/mol. The maximum Gasteiger partial charge on any atom is 0.321 e. The fourth-order valence-electron chi connectivity index (χ4n) is 1.58. The lowest BCUT2D eigenvalue weighted by Gasteiger charge is -2.09. The third-order valence-corrected chi connectivity index (χ3v) is 2.51. The van der Waals surface area contributed by atoms with Crippen molar-refractivity contribution in [3.8, 4) is 0 Å². The van der Waals surface area contributed by atoms with E-state index in [1.54, 1.807) is 6.92 Å². The summed E-state index contributed by atoms with van der Waals surface area (Å²) in [7, 11) is 0. The highest BCUT2D eigenvalue weighted by atomic mass is 16.5. The highest BCUT2D eigenvalue weighted by molar-refractivity contribution is 6.12. The molecule has 1 unspecified atom stereocenters. The lowest BCUT2D eigenvalue weighted by Crippen LogP contribution is -2.27. The van der Waals surface area contributed by atoms with E-state index in [2.05, 4.69) is 4.99 Å². The minimum absolute atomic E-state index is 0.152. The summed E-state index contributed by atoms with van der Waals surface area (Å²) >= 11 is 0. The maximum absolute atomic E-state index is 11.9. The first-order chi connectivity index (χ1) is 9.19. The molecule has 0 aromatic heterocycles. The Labute approximate surface area is 113 Å². The van der Waals surface area contributed by atoms with E-state index in [0.717, 1.165) is 0 Å². The molecule has 1 atom stereocenters. The van der Waals surface area contributed by atoms with Gasteiger partial charge >= 0.3 is 5.97 Å². The molecule has 0 heterocycles. The average molecular weight is 261 g/mol. The number of aliphatic imine (C=N–C) groups is 1. The first-order valence-electron chi connectivity index (χ1n) is 6.47. The van der Waals surface area contributed by atoms with Gasteiger partial charge in [-0.1, -0.05) is 25.1 Å². The van der Waals surface area contributed by atoms with Crippen LogP contribution in [0.2, 0.25) is 0 Å². The number of hydrogen-bond acceptors (Lipinski definition) is 4. The molecule has 0 radical (unpaired) electrons. The third-order valence-electron chi connectivity index (χ3n) is 2.51. The molecule has 0 amide bonds. The fraction of sp³-hybridized carbons (Fsp3) is 0.400. The zero-order valence-electron chi connectivity index (χ0n) is 11.3. The summed E-state index contributed by atoms with van der Waals surface area (Å²) in [4.78, 5) is 27.8. The standard InChI is InChI=1S/C15H19NO3/c1-3-8-14(17)13(15(18)19-4-2)11-16-12-9-6-5-7-10-12/h5-7,9-11,13H,3-4,8H2,1-2H3. The van der Waals surface area contributed by atoms with Crippen molar-refractivity contribution >= 4 is 23.7 Å². The Kier molecular flexibility index (Phi) is 6.50. The van der Waals surface area contributed by atoms with Gasteiger partial charge in [-0.3, -0.25) is 14.6 Å². The van der Waals surface area contributed by atoms with Crippen LogP contribution in [0.25, 0.3) is 0 Å². The molecule has 102 valence electrons. The molecule has 1 rings (SSSR count). The van der Waals surface area contributed by atoms with Crippen LogP contribution in [-0.4, -0.2) is 24.6 Å². The van der Waals surface area contributed by atoms with Crippen LogP contribution in [0.3, 0.4) is 0 Å². The number of ether oxygens (including phenoxy) is 1. The number of benzene rings is 1. The smallest absolute Gasteiger partial charge is 0.321 e. The lowest BCUT2D eigenvalue weighted by atomic mass is 10.0. The van der Waals surface area contributed by atoms with E-state index in [1.807, 2.05) is 37.3 Å². The molecule has 0 aliphatic heterocycles. The van der Waals surface area contributed by atoms with Crippen LogP contribution in [0.4, 0.5) is 5.69 Å². The number of nitrogens with zero attached hydrogens (tertiary/aromatic N) is 1. The van der Waals surface area contributed by atoms with E-state index in [-0.39, 0.29) is 12.4 Å². The van der Waals surface area contributed by atoms with Crippen LogP contribution in [-0.2, 0) is 14.3 Å². The third kappa shape index (κ3) is 5.04. The molecule has 4 nitrogen and oxygen atoms in total. The number of rotatable bonds is 7. The quantitative estimate of drug-likeness (QED) is 0.431. The second kappa shape index (κ2) is 8.19. The molecule has 4 heteroatoms. The first kappa shape index (κ1) is 15.1. The van der Waals surface area contributed by atoms with E-state index >= 15 is 0 Å². The molecule has 0 aliphatic rings. The fourth-order valence-corrected chi connectivity index (χ4v) is 1.58. The molecule has 1 aromatic carbocycles. The number of hydrogen-bond donors (Lipinski definition) is 0. The van der Waals surface area contributed by atoms with Crippen LogP contribution in [0, 0.1) is 5.92 Å². The molecule has 0 aliphatic carbocycles. The SMILES string of the molecule is CCCC(=O)C(C=Nc1ccccc1)C(=O)OCC. The number of para-hydroxylation sites is 1. The van der Waals surface area contributed by atoms with Crippen molar-refractivity contribution in [3.63, 3.8) is 0 Å². The van der Waals surface area contributed by atoms with Crippen molar-refractivity contribution in [2.45, 2.75) is 26.7 Å². The number of carbonyl (C=O) groups is 2. The van der Waals surface area contributed by atoms with Crippen molar-refractivity contribution in [2.24, 2.45) is 10.9 Å². The van der Waals surface area contributed by atoms with Gasteiger partial charge in [-0.15, -0.1) is 0 Å². The van der Waals surface area contributed by atoms with Crippen LogP contribution in [0.5, 0.6) is 0 Å². The molecule has 1 aromatic rings. The normalized spacial score (nSPS) is 12.3. The molecule has 19 heavy (non-hydrogen) atoms. The molecule has 0 bridgehead atoms. The van der Waals surface area contributed by atoms with E-state index in [0.29, 0.717) is 18.5 Å². The Morgan fingerprint density at radius 3 is 2.53 bits per heavy atom. The van der Waals surface area contributed by atoms with Crippen LogP contribution in [0.15, 0.2) is 35.3 Å². The predicted molar refractivity (Wildman–Crippen MR) is 74.6 cm³/mol. The lowest BCUT2D eigenvalue weighted by molar-refractivity contribution is -0.148. The predicted octanol–water partition coefficient (Wildman–Crippen LogP) is 2.94. The first-order valence-corrected chi connectivity index (χ1v) is 6.47. The number of ketones is 1. The number of carbonyl (C=O) groups excluding carboxylic acids is 2. The Morgan fingerprint density at radius 1 is 1.26 bits per heavy atom. The second-order valence-electron chi connectivity index (χ2n) is 4.06. The minimum atomic E-state index is -0.903. The number of Topliss-reactive ketones (excluding diaryl/α,β-unsaturated/α-hetero) is 1. The highest BCUT2D eigenvalue weighted by Crippen LogP contribution is 2.12. The summed E-state index contributed by atoms with van der Waals surface area (Å²) in [5.74, 6) is -1.58. The van der Waals surface area contributed by atoms with Crippen LogP contribution in [0.1, 0.15) is 26.7 Å². The Morgan fingerprint density at radius 2 is 1.95 bits per heavy atom. The van der Waals surface area contributed by atoms with Crippen molar-refractivity contribution < 1.29 is 14.3 Å². The summed E-state index contributed by atoms with van der Waals surface area (Å²) in [6.45, 7) is 3.87. The van der Waals surface area contributed by atoms with Gasteiger partial charge in [-0.2, -0.15) is 0 Å². The molecule has 0 saturated heterocycles. The van der Waals surface area contributed by atoms with Gasteiger partial charge in [-0.05, 0) is 25.5 Å². The van der Waals surface area contributed by atoms with Gasteiger partial charge in [0.25, 0.3) is 0 Å². The topological polar surface area (TPSA) is 55.7 Å². The van der Waals surface area contributed by atoms with Crippen molar-refractivity contribution in [2.75, 3.05) is 6.61 Å². The monoisotopic (exact) mass is 261 g/mol. The van der Waals surface area contributed by atoms with Gasteiger partial charge in [0.1, 0.15) is 0 Å². The number of esters is 1. The van der Waals surface area contributed by atoms with Crippen LogP contribution < -0.4 is 0 Å². The maximum atomic E-state index is 11.9. The summed E-state index contributed by atoms with van der Waals surface area (Å²) in [5.41, 5.74) is 0.709. The summed E-state index contributed by atoms with van der Waals surface area (Å²) < 4.78 is 4.91. The summed E-state index contributed by atoms with van der Waals surface area (Å²) in [6, 6.07) is 9.19. The minimum Gasteiger partial charge on any atom is -0.465 e. The second-order valence-corrected chi connectivity index (χ2v) is 4.06. The summed E-state index contributed by atoms with van der Waals surface area (Å²) in [6.07, 6.45) is 2.43. The van der Waals surface area contributed by atoms with Gasteiger partial charge < -0.3 is 4.74 Å². The molecule has 0 spiro atoms. The zero-order chi connectivity index (χ0) is 14.1. The molecule has 0 fully saturated rings. The van der Waals surface area contributed by atoms with Crippen molar-refractivity contribution in [1.82, 2.24) is 0 Å². The molecule has 0 N–H and O–H groups in total. The average Bonchev–Trinajstić information content (AvgIpc) is 2.41. The van der Waals surface area contributed by atoms with Gasteiger partial charge in [0.2, 0.25) is 0 Å². The van der Waals surface area contributed by atoms with Crippen LogP contribution >= 0.6 is 0 Å². The zero-order valence-corrected chi connectivity index (χ0v) is 11.3. The Bertz CT molecular complexity index is 422. The van der Waals surface area contributed by atoms with Gasteiger partial charge in [0.05, 0.1) is 12.3 Å². The van der Waals surface area contributed by atoms with E-state index in [1.165, 1.54) is 6.21 Å². The van der Waals surface area contributed by atoms with Crippen molar-refractivity contribution in [3.05, 3.63) is 30.3 Å². The van der Waals surface area contributed by atoms with Gasteiger partial charge in [-0.25, -0.2) is 0 Å². The van der Waals surface area contributed by atoms with Crippen molar-refractivity contribution in [1.29, 1.82) is 0 Å². The van der Waals surface area contributed by atoms with Gasteiger partial charge in [0.15, 0.2) is 11.7 Å². The highest BCUT2D eigenvalue weighted by Gasteiger charge is 2.25. The van der Waals surface area contributed by atoms with E-state index in [9.17, 15) is 9.59 Å². The Hall–Kier alpha value is -1.97. The largest absolute Gasteiger partial charge is 0.465 e.